The number of thioether (sulfide) groups is 1. The highest BCUT2D eigenvalue weighted by Crippen LogP contribution is 2.47. The maximum atomic E-state index is 12.1. The number of ether oxygens (including phenoxy) is 1. The van der Waals surface area contributed by atoms with Gasteiger partial charge in [-0.1, -0.05) is 0 Å². The molecular formula is C16H22N2O2S2. The summed E-state index contributed by atoms with van der Waals surface area (Å²) in [6.07, 6.45) is 4.68. The Bertz CT molecular complexity index is 564. The Morgan fingerprint density at radius 3 is 3.00 bits per heavy atom. The molecule has 22 heavy (non-hydrogen) atoms. The summed E-state index contributed by atoms with van der Waals surface area (Å²) < 4.78 is 6.30. The van der Waals surface area contributed by atoms with Crippen LogP contribution in [0.5, 0.6) is 0 Å². The van der Waals surface area contributed by atoms with Crippen LogP contribution in [0.3, 0.4) is 0 Å². The normalized spacial score (nSPS) is 26.4. The quantitative estimate of drug-likeness (QED) is 0.828. The van der Waals surface area contributed by atoms with Gasteiger partial charge in [0.25, 0.3) is 0 Å². The van der Waals surface area contributed by atoms with Crippen LogP contribution in [0.1, 0.15) is 36.4 Å². The molecule has 4 nitrogen and oxygen atoms in total. The van der Waals surface area contributed by atoms with Gasteiger partial charge in [0.15, 0.2) is 0 Å². The van der Waals surface area contributed by atoms with Gasteiger partial charge < -0.3 is 9.64 Å². The van der Waals surface area contributed by atoms with Gasteiger partial charge in [-0.2, -0.15) is 0 Å². The van der Waals surface area contributed by atoms with Crippen LogP contribution in [-0.2, 0) is 16.1 Å². The zero-order chi connectivity index (χ0) is 15.2. The minimum Gasteiger partial charge on any atom is -0.371 e. The van der Waals surface area contributed by atoms with E-state index in [0.29, 0.717) is 24.5 Å². The third-order valence-electron chi connectivity index (χ3n) is 4.78. The van der Waals surface area contributed by atoms with E-state index in [2.05, 4.69) is 15.3 Å². The van der Waals surface area contributed by atoms with Crippen molar-refractivity contribution < 1.29 is 9.53 Å². The molecule has 0 bridgehead atoms. The Morgan fingerprint density at radius 1 is 1.50 bits per heavy atom. The van der Waals surface area contributed by atoms with Crippen LogP contribution in [0, 0.1) is 12.8 Å². The molecular weight excluding hydrogens is 316 g/mol. The van der Waals surface area contributed by atoms with Crippen molar-refractivity contribution in [3.05, 3.63) is 16.1 Å². The van der Waals surface area contributed by atoms with Crippen molar-refractivity contribution in [2.24, 2.45) is 5.92 Å². The van der Waals surface area contributed by atoms with Crippen LogP contribution in [0.4, 0.5) is 0 Å². The van der Waals surface area contributed by atoms with Crippen molar-refractivity contribution >= 4 is 29.0 Å². The lowest BCUT2D eigenvalue weighted by Crippen LogP contribution is -2.60. The molecule has 1 aliphatic carbocycles. The molecule has 0 N–H and O–H groups in total. The Balaban J connectivity index is 1.22. The molecule has 1 amide bonds. The fraction of sp³-hybridized carbons (Fsp3) is 0.750. The number of amides is 1. The molecule has 2 aliphatic heterocycles. The minimum absolute atomic E-state index is 0.280. The van der Waals surface area contributed by atoms with E-state index in [9.17, 15) is 4.79 Å². The van der Waals surface area contributed by atoms with Gasteiger partial charge in [0.1, 0.15) is 0 Å². The molecule has 1 saturated carbocycles. The third-order valence-corrected chi connectivity index (χ3v) is 7.18. The SMILES string of the molecule is Cc1nc(COC2CSC3(C2)CN(C(=O)CC2CC2)C3)cs1. The minimum atomic E-state index is 0.280. The lowest BCUT2D eigenvalue weighted by Gasteiger charge is -2.47. The number of rotatable bonds is 5. The molecule has 1 spiro atoms. The first-order valence-corrected chi connectivity index (χ1v) is 9.93. The summed E-state index contributed by atoms with van der Waals surface area (Å²) >= 11 is 3.67. The molecule has 1 unspecified atom stereocenters. The Kier molecular flexibility index (Phi) is 3.95. The first kappa shape index (κ1) is 15.0. The molecule has 0 aromatic carbocycles. The van der Waals surface area contributed by atoms with Crippen LogP contribution in [0.15, 0.2) is 5.38 Å². The zero-order valence-electron chi connectivity index (χ0n) is 12.9. The molecule has 1 aromatic heterocycles. The molecule has 1 aromatic rings. The average Bonchev–Trinajstić information content (AvgIpc) is 2.99. The molecule has 0 radical (unpaired) electrons. The molecule has 4 rings (SSSR count). The highest BCUT2D eigenvalue weighted by molar-refractivity contribution is 8.01. The second-order valence-corrected chi connectivity index (χ2v) is 9.44. The summed E-state index contributed by atoms with van der Waals surface area (Å²) in [6.45, 7) is 4.50. The summed E-state index contributed by atoms with van der Waals surface area (Å²) in [6, 6.07) is 0. The molecule has 3 fully saturated rings. The first-order valence-electron chi connectivity index (χ1n) is 8.06. The summed E-state index contributed by atoms with van der Waals surface area (Å²) in [5.41, 5.74) is 1.04. The van der Waals surface area contributed by atoms with Gasteiger partial charge in [-0.3, -0.25) is 4.79 Å². The second kappa shape index (κ2) is 5.80. The number of aromatic nitrogens is 1. The van der Waals surface area contributed by atoms with E-state index in [1.54, 1.807) is 11.3 Å². The molecule has 120 valence electrons. The van der Waals surface area contributed by atoms with Crippen LogP contribution in [0.2, 0.25) is 0 Å². The maximum absolute atomic E-state index is 12.1. The number of aryl methyl sites for hydroxylation is 1. The van der Waals surface area contributed by atoms with Crippen LogP contribution >= 0.6 is 23.1 Å². The molecule has 1 atom stereocenters. The lowest BCUT2D eigenvalue weighted by molar-refractivity contribution is -0.137. The van der Waals surface area contributed by atoms with Crippen LogP contribution in [-0.4, -0.2) is 45.5 Å². The number of nitrogens with zero attached hydrogens (tertiary/aromatic N) is 2. The molecule has 6 heteroatoms. The van der Waals surface area contributed by atoms with Crippen molar-refractivity contribution in [3.63, 3.8) is 0 Å². The van der Waals surface area contributed by atoms with E-state index in [-0.39, 0.29) is 4.75 Å². The Hall–Kier alpha value is -0.590. The van der Waals surface area contributed by atoms with E-state index in [1.807, 2.05) is 18.7 Å². The number of carbonyl (C=O) groups is 1. The first-order chi connectivity index (χ1) is 10.6. The van der Waals surface area contributed by atoms with E-state index >= 15 is 0 Å². The zero-order valence-corrected chi connectivity index (χ0v) is 14.5. The van der Waals surface area contributed by atoms with Gasteiger partial charge in [-0.25, -0.2) is 4.98 Å². The number of hydrogen-bond acceptors (Lipinski definition) is 5. The number of thiazole rings is 1. The van der Waals surface area contributed by atoms with Crippen LogP contribution < -0.4 is 0 Å². The fourth-order valence-electron chi connectivity index (χ4n) is 3.33. The Labute approximate surface area is 139 Å². The standard InChI is InChI=1S/C16H22N2O2S2/c1-11-17-13(7-21-11)6-20-14-5-16(22-8-14)9-18(10-16)15(19)4-12-2-3-12/h7,12,14H,2-6,8-10H2,1H3. The molecule has 3 aliphatic rings. The smallest absolute Gasteiger partial charge is 0.222 e. The molecule has 2 saturated heterocycles. The van der Waals surface area contributed by atoms with Gasteiger partial charge >= 0.3 is 0 Å². The second-order valence-electron chi connectivity index (χ2n) is 6.89. The fourth-order valence-corrected chi connectivity index (χ4v) is 5.48. The summed E-state index contributed by atoms with van der Waals surface area (Å²) in [5.74, 6) is 2.11. The number of hydrogen-bond donors (Lipinski definition) is 0. The highest BCUT2D eigenvalue weighted by atomic mass is 32.2. The summed E-state index contributed by atoms with van der Waals surface area (Å²) in [5, 5.41) is 3.18. The van der Waals surface area contributed by atoms with Gasteiger partial charge in [-0.05, 0) is 32.1 Å². The van der Waals surface area contributed by atoms with E-state index in [4.69, 9.17) is 4.74 Å². The largest absolute Gasteiger partial charge is 0.371 e. The van der Waals surface area contributed by atoms with E-state index < -0.39 is 0 Å². The predicted molar refractivity (Wildman–Crippen MR) is 89.2 cm³/mol. The highest BCUT2D eigenvalue weighted by Gasteiger charge is 2.51. The maximum Gasteiger partial charge on any atom is 0.222 e. The van der Waals surface area contributed by atoms with Crippen molar-refractivity contribution in [3.8, 4) is 0 Å². The van der Waals surface area contributed by atoms with Gasteiger partial charge in [0.05, 0.1) is 28.2 Å². The van der Waals surface area contributed by atoms with Gasteiger partial charge in [0.2, 0.25) is 5.91 Å². The van der Waals surface area contributed by atoms with Crippen molar-refractivity contribution in [1.29, 1.82) is 0 Å². The van der Waals surface area contributed by atoms with Crippen molar-refractivity contribution in [2.75, 3.05) is 18.8 Å². The van der Waals surface area contributed by atoms with E-state index in [0.717, 1.165) is 42.4 Å². The average molecular weight is 338 g/mol. The summed E-state index contributed by atoms with van der Waals surface area (Å²) in [7, 11) is 0. The monoisotopic (exact) mass is 338 g/mol. The van der Waals surface area contributed by atoms with Crippen LogP contribution in [0.25, 0.3) is 0 Å². The number of likely N-dealkylation sites (tertiary alicyclic amines) is 1. The summed E-state index contributed by atoms with van der Waals surface area (Å²) in [4.78, 5) is 18.6. The Morgan fingerprint density at radius 2 is 2.32 bits per heavy atom. The van der Waals surface area contributed by atoms with Gasteiger partial charge in [-0.15, -0.1) is 23.1 Å². The third kappa shape index (κ3) is 3.19. The van der Waals surface area contributed by atoms with Crippen molar-refractivity contribution in [1.82, 2.24) is 9.88 Å². The predicted octanol–water partition coefficient (Wildman–Crippen LogP) is 2.85. The van der Waals surface area contributed by atoms with Gasteiger partial charge in [0, 0.05) is 30.6 Å². The topological polar surface area (TPSA) is 42.4 Å². The number of carbonyl (C=O) groups excluding carboxylic acids is 1. The van der Waals surface area contributed by atoms with E-state index in [1.165, 1.54) is 12.8 Å². The lowest BCUT2D eigenvalue weighted by atomic mass is 9.92. The molecule has 3 heterocycles. The van der Waals surface area contributed by atoms with Crippen molar-refractivity contribution in [2.45, 2.75) is 50.1 Å².